The molecule has 2 unspecified atom stereocenters. The predicted molar refractivity (Wildman–Crippen MR) is 56.8 cm³/mol. The second-order valence-corrected chi connectivity index (χ2v) is 3.32. The zero-order chi connectivity index (χ0) is 12.1. The molecule has 1 aromatic carbocycles. The Morgan fingerprint density at radius 3 is 2.44 bits per heavy atom. The van der Waals surface area contributed by atoms with Crippen molar-refractivity contribution in [1.29, 1.82) is 0 Å². The molecule has 1 rings (SSSR count). The molecule has 2 N–H and O–H groups in total. The van der Waals surface area contributed by atoms with Gasteiger partial charge in [0.1, 0.15) is 6.67 Å². The average Bonchev–Trinajstić information content (AvgIpc) is 2.30. The van der Waals surface area contributed by atoms with Crippen LogP contribution in [0, 0.1) is 10.1 Å². The number of non-ortho nitro benzene ring substituents is 1. The second kappa shape index (κ2) is 5.53. The molecule has 0 spiro atoms. The Morgan fingerprint density at radius 1 is 1.50 bits per heavy atom. The molecule has 0 saturated heterocycles. The molecule has 0 amide bonds. The molecule has 0 aromatic heterocycles. The number of benzene rings is 1. The highest BCUT2D eigenvalue weighted by atomic mass is 19.1. The van der Waals surface area contributed by atoms with Gasteiger partial charge in [-0.25, -0.2) is 4.39 Å². The van der Waals surface area contributed by atoms with E-state index in [0.717, 1.165) is 0 Å². The maximum absolute atomic E-state index is 12.4. The highest BCUT2D eigenvalue weighted by Crippen LogP contribution is 2.22. The fourth-order valence-corrected chi connectivity index (χ4v) is 1.42. The number of hydrogen-bond acceptors (Lipinski definition) is 4. The molecular formula is C10H13FN2O3. The van der Waals surface area contributed by atoms with Gasteiger partial charge in [0.25, 0.3) is 5.69 Å². The quantitative estimate of drug-likeness (QED) is 0.613. The maximum atomic E-state index is 12.4. The molecule has 5 nitrogen and oxygen atoms in total. The van der Waals surface area contributed by atoms with Gasteiger partial charge < -0.3 is 10.5 Å². The van der Waals surface area contributed by atoms with Crippen LogP contribution in [-0.2, 0) is 4.74 Å². The number of nitro groups is 1. The number of nitrogens with zero attached hydrogens (tertiary/aromatic N) is 1. The molecule has 0 heterocycles. The summed E-state index contributed by atoms with van der Waals surface area (Å²) in [6.07, 6.45) is -0.592. The summed E-state index contributed by atoms with van der Waals surface area (Å²) in [4.78, 5) is 9.93. The summed E-state index contributed by atoms with van der Waals surface area (Å²) in [7, 11) is 1.42. The minimum Gasteiger partial charge on any atom is -0.375 e. The lowest BCUT2D eigenvalue weighted by Crippen LogP contribution is -2.31. The Bertz CT molecular complexity index is 356. The van der Waals surface area contributed by atoms with Crippen molar-refractivity contribution >= 4 is 5.69 Å². The van der Waals surface area contributed by atoms with Crippen molar-refractivity contribution in [3.05, 3.63) is 39.9 Å². The molecule has 0 bridgehead atoms. The lowest BCUT2D eigenvalue weighted by Gasteiger charge is -2.20. The summed E-state index contributed by atoms with van der Waals surface area (Å²) in [6.45, 7) is -0.713. The number of rotatable bonds is 5. The van der Waals surface area contributed by atoms with Crippen molar-refractivity contribution in [3.8, 4) is 0 Å². The second-order valence-electron chi connectivity index (χ2n) is 3.32. The molecular weight excluding hydrogens is 215 g/mol. The zero-order valence-electron chi connectivity index (χ0n) is 8.80. The summed E-state index contributed by atoms with van der Waals surface area (Å²) < 4.78 is 17.5. The number of hydrogen-bond donors (Lipinski definition) is 1. The minimum absolute atomic E-state index is 0.0209. The Kier molecular flexibility index (Phi) is 4.33. The molecule has 0 radical (unpaired) electrons. The number of alkyl halides is 1. The number of methoxy groups -OCH3 is 1. The fraction of sp³-hybridized carbons (Fsp3) is 0.400. The van der Waals surface area contributed by atoms with Gasteiger partial charge in [-0.15, -0.1) is 0 Å². The molecule has 0 aliphatic heterocycles. The Labute approximate surface area is 92.2 Å². The summed E-state index contributed by atoms with van der Waals surface area (Å²) in [6, 6.07) is 4.94. The van der Waals surface area contributed by atoms with Gasteiger partial charge in [-0.1, -0.05) is 0 Å². The van der Waals surface area contributed by atoms with Crippen molar-refractivity contribution in [2.24, 2.45) is 5.73 Å². The first-order chi connectivity index (χ1) is 7.60. The molecule has 1 aromatic rings. The average molecular weight is 228 g/mol. The van der Waals surface area contributed by atoms with Crippen molar-refractivity contribution in [1.82, 2.24) is 0 Å². The van der Waals surface area contributed by atoms with Crippen molar-refractivity contribution in [2.75, 3.05) is 13.8 Å². The molecule has 0 saturated carbocycles. The lowest BCUT2D eigenvalue weighted by atomic mass is 10.0. The zero-order valence-corrected chi connectivity index (χ0v) is 8.80. The highest BCUT2D eigenvalue weighted by Gasteiger charge is 2.19. The molecule has 0 aliphatic carbocycles. The van der Waals surface area contributed by atoms with Crippen LogP contribution in [0.15, 0.2) is 24.3 Å². The Balaban J connectivity index is 2.90. The van der Waals surface area contributed by atoms with Gasteiger partial charge in [0.15, 0.2) is 0 Å². The third-order valence-electron chi connectivity index (χ3n) is 2.25. The summed E-state index contributed by atoms with van der Waals surface area (Å²) in [5, 5.41) is 10.4. The first-order valence-corrected chi connectivity index (χ1v) is 4.68. The van der Waals surface area contributed by atoms with Crippen LogP contribution in [0.3, 0.4) is 0 Å². The van der Waals surface area contributed by atoms with Gasteiger partial charge in [0.05, 0.1) is 17.1 Å². The minimum atomic E-state index is -0.772. The van der Waals surface area contributed by atoms with Crippen LogP contribution >= 0.6 is 0 Å². The topological polar surface area (TPSA) is 78.4 Å². The molecule has 6 heteroatoms. The van der Waals surface area contributed by atoms with Crippen LogP contribution < -0.4 is 5.73 Å². The lowest BCUT2D eigenvalue weighted by molar-refractivity contribution is -0.384. The molecule has 0 fully saturated rings. The molecule has 0 aliphatic rings. The first-order valence-electron chi connectivity index (χ1n) is 4.68. The van der Waals surface area contributed by atoms with E-state index >= 15 is 0 Å². The van der Waals surface area contributed by atoms with Crippen LogP contribution in [0.5, 0.6) is 0 Å². The standard InChI is InChI=1S/C10H13FN2O3/c1-16-10(9(12)6-11)7-2-4-8(5-3-7)13(14)15/h2-5,9-10H,6,12H2,1H3. The first kappa shape index (κ1) is 12.5. The van der Waals surface area contributed by atoms with Crippen LogP contribution in [0.25, 0.3) is 0 Å². The SMILES string of the molecule is COC(c1ccc([N+](=O)[O-])cc1)C(N)CF. The fourth-order valence-electron chi connectivity index (χ4n) is 1.42. The van der Waals surface area contributed by atoms with Gasteiger partial charge in [0.2, 0.25) is 0 Å². The van der Waals surface area contributed by atoms with E-state index in [9.17, 15) is 14.5 Å². The summed E-state index contributed by atoms with van der Waals surface area (Å²) >= 11 is 0. The van der Waals surface area contributed by atoms with E-state index < -0.39 is 23.7 Å². The number of nitro benzene ring substituents is 1. The van der Waals surface area contributed by atoms with E-state index in [1.165, 1.54) is 31.4 Å². The van der Waals surface area contributed by atoms with E-state index in [1.54, 1.807) is 0 Å². The summed E-state index contributed by atoms with van der Waals surface area (Å²) in [5.41, 5.74) is 6.13. The summed E-state index contributed by atoms with van der Waals surface area (Å²) in [5.74, 6) is 0. The molecule has 88 valence electrons. The van der Waals surface area contributed by atoms with Crippen LogP contribution in [0.1, 0.15) is 11.7 Å². The van der Waals surface area contributed by atoms with Gasteiger partial charge >= 0.3 is 0 Å². The van der Waals surface area contributed by atoms with E-state index in [2.05, 4.69) is 0 Å². The van der Waals surface area contributed by atoms with Gasteiger partial charge in [-0.2, -0.15) is 0 Å². The largest absolute Gasteiger partial charge is 0.375 e. The predicted octanol–water partition coefficient (Wildman–Crippen LogP) is 1.58. The Morgan fingerprint density at radius 2 is 2.06 bits per heavy atom. The van der Waals surface area contributed by atoms with Gasteiger partial charge in [-0.05, 0) is 17.7 Å². The van der Waals surface area contributed by atoms with E-state index in [1.807, 2.05) is 0 Å². The highest BCUT2D eigenvalue weighted by molar-refractivity contribution is 5.34. The van der Waals surface area contributed by atoms with E-state index in [0.29, 0.717) is 5.56 Å². The third-order valence-corrected chi connectivity index (χ3v) is 2.25. The van der Waals surface area contributed by atoms with Crippen LogP contribution in [-0.4, -0.2) is 24.7 Å². The van der Waals surface area contributed by atoms with E-state index in [4.69, 9.17) is 10.5 Å². The van der Waals surface area contributed by atoms with Crippen LogP contribution in [0.2, 0.25) is 0 Å². The number of ether oxygens (including phenoxy) is 1. The number of halogens is 1. The Hall–Kier alpha value is -1.53. The molecule has 2 atom stereocenters. The van der Waals surface area contributed by atoms with Crippen LogP contribution in [0.4, 0.5) is 10.1 Å². The van der Waals surface area contributed by atoms with Crippen molar-refractivity contribution in [3.63, 3.8) is 0 Å². The van der Waals surface area contributed by atoms with Gasteiger partial charge in [-0.3, -0.25) is 10.1 Å². The van der Waals surface area contributed by atoms with Crippen molar-refractivity contribution in [2.45, 2.75) is 12.1 Å². The molecule has 16 heavy (non-hydrogen) atoms. The monoisotopic (exact) mass is 228 g/mol. The third kappa shape index (κ3) is 2.74. The van der Waals surface area contributed by atoms with Crippen molar-refractivity contribution < 1.29 is 14.1 Å². The van der Waals surface area contributed by atoms with Gasteiger partial charge in [0, 0.05) is 19.2 Å². The maximum Gasteiger partial charge on any atom is 0.269 e. The number of nitrogens with two attached hydrogens (primary N) is 1. The van der Waals surface area contributed by atoms with E-state index in [-0.39, 0.29) is 5.69 Å². The smallest absolute Gasteiger partial charge is 0.269 e. The normalized spacial score (nSPS) is 14.4.